The normalized spacial score (nSPS) is 13.0. The number of rotatable bonds is 4. The van der Waals surface area contributed by atoms with Crippen LogP contribution in [0.1, 0.15) is 24.1 Å². The largest absolute Gasteiger partial charge is 0.376 e. The fourth-order valence-corrected chi connectivity index (χ4v) is 2.60. The van der Waals surface area contributed by atoms with Crippen LogP contribution in [0.4, 0.5) is 10.1 Å². The highest BCUT2D eigenvalue weighted by Crippen LogP contribution is 2.24. The minimum absolute atomic E-state index is 0.0402. The molecule has 1 unspecified atom stereocenters. The number of aryl methyl sites for hydroxylation is 1. The molecular formula is C15H17FN2O2S. The molecule has 2 rings (SSSR count). The molecule has 0 spiro atoms. The van der Waals surface area contributed by atoms with Gasteiger partial charge < -0.3 is 5.32 Å². The molecule has 0 aliphatic heterocycles. The van der Waals surface area contributed by atoms with Gasteiger partial charge in [-0.3, -0.25) is 0 Å². The molecule has 21 heavy (non-hydrogen) atoms. The Hall–Kier alpha value is -1.92. The highest BCUT2D eigenvalue weighted by atomic mass is 32.2. The van der Waals surface area contributed by atoms with E-state index in [0.29, 0.717) is 11.3 Å². The quantitative estimate of drug-likeness (QED) is 0.912. The van der Waals surface area contributed by atoms with E-state index in [2.05, 4.69) is 5.32 Å². The van der Waals surface area contributed by atoms with Crippen molar-refractivity contribution >= 4 is 15.7 Å². The summed E-state index contributed by atoms with van der Waals surface area (Å²) in [6.45, 7) is 3.70. The van der Waals surface area contributed by atoms with Crippen LogP contribution < -0.4 is 10.5 Å². The van der Waals surface area contributed by atoms with E-state index in [1.165, 1.54) is 18.2 Å². The summed E-state index contributed by atoms with van der Waals surface area (Å²) in [5.41, 5.74) is 2.02. The molecule has 6 heteroatoms. The first-order chi connectivity index (χ1) is 9.77. The Bertz CT molecular complexity index is 760. The molecule has 0 fully saturated rings. The molecule has 2 aromatic rings. The second-order valence-corrected chi connectivity index (χ2v) is 6.53. The van der Waals surface area contributed by atoms with Gasteiger partial charge in [0, 0.05) is 6.04 Å². The Morgan fingerprint density at radius 3 is 2.57 bits per heavy atom. The van der Waals surface area contributed by atoms with Gasteiger partial charge in [-0.15, -0.1) is 0 Å². The molecule has 0 aliphatic rings. The molecule has 0 amide bonds. The van der Waals surface area contributed by atoms with E-state index in [1.54, 1.807) is 24.3 Å². The molecule has 0 aliphatic carbocycles. The van der Waals surface area contributed by atoms with E-state index in [4.69, 9.17) is 5.14 Å². The third kappa shape index (κ3) is 3.80. The van der Waals surface area contributed by atoms with Crippen molar-refractivity contribution < 1.29 is 12.8 Å². The van der Waals surface area contributed by atoms with Gasteiger partial charge in [-0.25, -0.2) is 17.9 Å². The summed E-state index contributed by atoms with van der Waals surface area (Å²) >= 11 is 0. The Morgan fingerprint density at radius 1 is 1.19 bits per heavy atom. The van der Waals surface area contributed by atoms with E-state index in [0.717, 1.165) is 5.56 Å². The van der Waals surface area contributed by atoms with Crippen molar-refractivity contribution in [2.45, 2.75) is 24.8 Å². The third-order valence-corrected chi connectivity index (χ3v) is 4.09. The molecule has 0 aromatic heterocycles. The van der Waals surface area contributed by atoms with E-state index >= 15 is 0 Å². The maximum Gasteiger partial charge on any atom is 0.238 e. The van der Waals surface area contributed by atoms with Crippen molar-refractivity contribution in [1.82, 2.24) is 0 Å². The van der Waals surface area contributed by atoms with Gasteiger partial charge in [-0.1, -0.05) is 18.2 Å². The fourth-order valence-electron chi connectivity index (χ4n) is 2.03. The van der Waals surface area contributed by atoms with Gasteiger partial charge in [0.25, 0.3) is 0 Å². The molecule has 0 bridgehead atoms. The van der Waals surface area contributed by atoms with E-state index in [-0.39, 0.29) is 16.8 Å². The topological polar surface area (TPSA) is 72.2 Å². The number of primary sulfonamides is 1. The average molecular weight is 308 g/mol. The zero-order chi connectivity index (χ0) is 15.6. The van der Waals surface area contributed by atoms with Crippen molar-refractivity contribution in [3.05, 3.63) is 59.4 Å². The summed E-state index contributed by atoms with van der Waals surface area (Å²) in [6, 6.07) is 10.8. The minimum atomic E-state index is -3.75. The monoisotopic (exact) mass is 308 g/mol. The molecule has 1 atom stereocenters. The second kappa shape index (κ2) is 5.83. The molecule has 4 nitrogen and oxygen atoms in total. The first-order valence-electron chi connectivity index (χ1n) is 6.43. The van der Waals surface area contributed by atoms with Crippen LogP contribution in [0, 0.1) is 12.7 Å². The smallest absolute Gasteiger partial charge is 0.238 e. The summed E-state index contributed by atoms with van der Waals surface area (Å²) in [6.07, 6.45) is 0. The fraction of sp³-hybridized carbons (Fsp3) is 0.200. The van der Waals surface area contributed by atoms with Crippen molar-refractivity contribution in [2.75, 3.05) is 5.32 Å². The lowest BCUT2D eigenvalue weighted by molar-refractivity contribution is 0.597. The number of benzene rings is 2. The maximum atomic E-state index is 13.7. The van der Waals surface area contributed by atoms with Gasteiger partial charge in [0.15, 0.2) is 0 Å². The number of hydrogen-bond donors (Lipinski definition) is 2. The zero-order valence-corrected chi connectivity index (χ0v) is 12.6. The van der Waals surface area contributed by atoms with Crippen LogP contribution in [0.2, 0.25) is 0 Å². The molecule has 0 saturated heterocycles. The van der Waals surface area contributed by atoms with E-state index in [9.17, 15) is 12.8 Å². The van der Waals surface area contributed by atoms with Crippen LogP contribution in [0.25, 0.3) is 0 Å². The second-order valence-electron chi connectivity index (χ2n) is 4.97. The van der Waals surface area contributed by atoms with E-state index in [1.807, 2.05) is 13.8 Å². The Morgan fingerprint density at radius 2 is 1.90 bits per heavy atom. The summed E-state index contributed by atoms with van der Waals surface area (Å²) in [5, 5.41) is 8.15. The van der Waals surface area contributed by atoms with Gasteiger partial charge in [0.2, 0.25) is 10.0 Å². The van der Waals surface area contributed by atoms with Crippen molar-refractivity contribution in [3.8, 4) is 0 Å². The van der Waals surface area contributed by atoms with Crippen LogP contribution in [0.5, 0.6) is 0 Å². The predicted octanol–water partition coefficient (Wildman–Crippen LogP) is 2.95. The maximum absolute atomic E-state index is 13.7. The summed E-state index contributed by atoms with van der Waals surface area (Å²) in [5.74, 6) is -0.352. The van der Waals surface area contributed by atoms with Crippen molar-refractivity contribution in [2.24, 2.45) is 5.14 Å². The van der Waals surface area contributed by atoms with Crippen molar-refractivity contribution in [1.29, 1.82) is 0 Å². The SMILES string of the molecule is Cc1ccc(F)c(NC(C)c2cccc(S(N)(=O)=O)c2)c1. The zero-order valence-electron chi connectivity index (χ0n) is 11.8. The Kier molecular flexibility index (Phi) is 4.29. The Labute approximate surface area is 123 Å². The van der Waals surface area contributed by atoms with Crippen LogP contribution in [-0.2, 0) is 10.0 Å². The highest BCUT2D eigenvalue weighted by molar-refractivity contribution is 7.89. The molecular weight excluding hydrogens is 291 g/mol. The summed E-state index contributed by atoms with van der Waals surface area (Å²) in [7, 11) is -3.75. The summed E-state index contributed by atoms with van der Waals surface area (Å²) in [4.78, 5) is 0.0402. The summed E-state index contributed by atoms with van der Waals surface area (Å²) < 4.78 is 36.5. The highest BCUT2D eigenvalue weighted by Gasteiger charge is 2.13. The molecule has 0 saturated carbocycles. The van der Waals surface area contributed by atoms with Gasteiger partial charge in [-0.2, -0.15) is 0 Å². The van der Waals surface area contributed by atoms with Gasteiger partial charge in [0.1, 0.15) is 5.82 Å². The van der Waals surface area contributed by atoms with Gasteiger partial charge >= 0.3 is 0 Å². The average Bonchev–Trinajstić information content (AvgIpc) is 2.42. The van der Waals surface area contributed by atoms with Gasteiger partial charge in [0.05, 0.1) is 10.6 Å². The number of nitrogens with one attached hydrogen (secondary N) is 1. The third-order valence-electron chi connectivity index (χ3n) is 3.18. The molecule has 112 valence electrons. The lowest BCUT2D eigenvalue weighted by Crippen LogP contribution is -2.14. The van der Waals surface area contributed by atoms with Crippen molar-refractivity contribution in [3.63, 3.8) is 0 Å². The lowest BCUT2D eigenvalue weighted by atomic mass is 10.1. The minimum Gasteiger partial charge on any atom is -0.376 e. The number of nitrogens with two attached hydrogens (primary N) is 1. The number of hydrogen-bond acceptors (Lipinski definition) is 3. The van der Waals surface area contributed by atoms with Crippen LogP contribution in [-0.4, -0.2) is 8.42 Å². The number of anilines is 1. The lowest BCUT2D eigenvalue weighted by Gasteiger charge is -2.17. The molecule has 3 N–H and O–H groups in total. The van der Waals surface area contributed by atoms with E-state index < -0.39 is 10.0 Å². The van der Waals surface area contributed by atoms with Gasteiger partial charge in [-0.05, 0) is 49.2 Å². The number of halogens is 1. The number of sulfonamides is 1. The molecule has 0 heterocycles. The first-order valence-corrected chi connectivity index (χ1v) is 7.97. The Balaban J connectivity index is 2.28. The molecule has 0 radical (unpaired) electrons. The van der Waals surface area contributed by atoms with Crippen LogP contribution in [0.15, 0.2) is 47.4 Å². The van der Waals surface area contributed by atoms with Crippen LogP contribution >= 0.6 is 0 Å². The standard InChI is InChI=1S/C15H17FN2O2S/c1-10-6-7-14(16)15(8-10)18-11(2)12-4-3-5-13(9-12)21(17,19)20/h3-9,11,18H,1-2H3,(H2,17,19,20). The molecule has 2 aromatic carbocycles. The first kappa shape index (κ1) is 15.5. The predicted molar refractivity (Wildman–Crippen MR) is 81.0 cm³/mol. The van der Waals surface area contributed by atoms with Crippen LogP contribution in [0.3, 0.4) is 0 Å².